The van der Waals surface area contributed by atoms with Crippen molar-refractivity contribution in [1.82, 2.24) is 0 Å². The summed E-state index contributed by atoms with van der Waals surface area (Å²) < 4.78 is 0. The molecule has 0 spiro atoms. The molecule has 0 N–H and O–H groups in total. The molecule has 1 saturated carbocycles. The first-order valence-corrected chi connectivity index (χ1v) is 12.5. The molecule has 0 radical (unpaired) electrons. The summed E-state index contributed by atoms with van der Waals surface area (Å²) in [6, 6.07) is 0. The average molecular weight is 212 g/mol. The highest BCUT2D eigenvalue weighted by Gasteiger charge is 2.48. The van der Waals surface area contributed by atoms with Crippen LogP contribution in [0.1, 0.15) is 6.92 Å². The fraction of sp³-hybridized carbons (Fsp3) is 0.818. The van der Waals surface area contributed by atoms with Crippen LogP contribution in [0.5, 0.6) is 0 Å². The molecule has 13 heavy (non-hydrogen) atoms. The molecule has 0 saturated heterocycles. The molecule has 1 fully saturated rings. The molecule has 0 aliphatic heterocycles. The van der Waals surface area contributed by atoms with Crippen LogP contribution < -0.4 is 0 Å². The number of allylic oxidation sites excluding steroid dienone is 1. The SMILES string of the molecule is CC1/C(=C\[Si](C)(C)C)C1[Si](C)(C)C. The van der Waals surface area contributed by atoms with Crippen molar-refractivity contribution in [3.63, 3.8) is 0 Å². The lowest BCUT2D eigenvalue weighted by Crippen LogP contribution is -2.21. The summed E-state index contributed by atoms with van der Waals surface area (Å²) in [6.07, 6.45) is 0. The van der Waals surface area contributed by atoms with Gasteiger partial charge in [-0.05, 0) is 11.5 Å². The monoisotopic (exact) mass is 212 g/mol. The first kappa shape index (κ1) is 11.2. The van der Waals surface area contributed by atoms with E-state index in [9.17, 15) is 0 Å². The van der Waals surface area contributed by atoms with Crippen molar-refractivity contribution in [2.24, 2.45) is 5.92 Å². The predicted octanol–water partition coefficient (Wildman–Crippen LogP) is 4.15. The molecule has 1 rings (SSSR count). The van der Waals surface area contributed by atoms with Crippen LogP contribution in [0.2, 0.25) is 44.8 Å². The largest absolute Gasteiger partial charge is 0.0955 e. The van der Waals surface area contributed by atoms with E-state index in [0.29, 0.717) is 0 Å². The molecule has 0 aromatic heterocycles. The minimum absolute atomic E-state index is 0.895. The van der Waals surface area contributed by atoms with E-state index in [2.05, 4.69) is 51.9 Å². The van der Waals surface area contributed by atoms with Gasteiger partial charge in [0.05, 0.1) is 16.1 Å². The van der Waals surface area contributed by atoms with Gasteiger partial charge in [0.15, 0.2) is 0 Å². The first-order chi connectivity index (χ1) is 5.63. The lowest BCUT2D eigenvalue weighted by molar-refractivity contribution is 0.994. The van der Waals surface area contributed by atoms with Crippen molar-refractivity contribution in [2.75, 3.05) is 0 Å². The first-order valence-electron chi connectivity index (χ1n) is 5.35. The van der Waals surface area contributed by atoms with Crippen molar-refractivity contribution in [3.05, 3.63) is 11.3 Å². The summed E-state index contributed by atoms with van der Waals surface area (Å²) >= 11 is 0. The lowest BCUT2D eigenvalue weighted by atomic mass is 10.5. The molecule has 0 aromatic carbocycles. The van der Waals surface area contributed by atoms with Gasteiger partial charge >= 0.3 is 0 Å². The summed E-state index contributed by atoms with van der Waals surface area (Å²) in [7, 11) is -1.86. The Morgan fingerprint density at radius 3 is 1.69 bits per heavy atom. The summed E-state index contributed by atoms with van der Waals surface area (Å²) in [6.45, 7) is 17.2. The summed E-state index contributed by atoms with van der Waals surface area (Å²) in [5.74, 6) is 0.915. The third-order valence-corrected chi connectivity index (χ3v) is 6.71. The van der Waals surface area contributed by atoms with E-state index in [1.807, 2.05) is 0 Å². The van der Waals surface area contributed by atoms with E-state index in [0.717, 1.165) is 11.5 Å². The Bertz CT molecular complexity index is 227. The third-order valence-electron chi connectivity index (χ3n) is 2.81. The molecule has 2 unspecified atom stereocenters. The second-order valence-electron chi connectivity index (χ2n) is 6.64. The minimum atomic E-state index is -0.960. The maximum absolute atomic E-state index is 2.64. The maximum Gasteiger partial charge on any atom is 0.0686 e. The van der Waals surface area contributed by atoms with Crippen LogP contribution >= 0.6 is 0 Å². The summed E-state index contributed by atoms with van der Waals surface area (Å²) in [5, 5.41) is 0. The second kappa shape index (κ2) is 3.09. The highest BCUT2D eigenvalue weighted by molar-refractivity contribution is 6.82. The average Bonchev–Trinajstić information content (AvgIpc) is 2.34. The van der Waals surface area contributed by atoms with Gasteiger partial charge in [-0.25, -0.2) is 0 Å². The van der Waals surface area contributed by atoms with Crippen LogP contribution in [-0.4, -0.2) is 16.1 Å². The fourth-order valence-corrected chi connectivity index (χ4v) is 6.94. The van der Waals surface area contributed by atoms with E-state index in [1.54, 1.807) is 5.57 Å². The van der Waals surface area contributed by atoms with E-state index < -0.39 is 16.1 Å². The molecule has 2 atom stereocenters. The summed E-state index contributed by atoms with van der Waals surface area (Å²) in [4.78, 5) is 0. The number of rotatable bonds is 2. The van der Waals surface area contributed by atoms with Gasteiger partial charge in [-0.15, -0.1) is 0 Å². The zero-order valence-corrected chi connectivity index (χ0v) is 12.2. The molecule has 0 bridgehead atoms. The quantitative estimate of drug-likeness (QED) is 0.603. The number of hydrogen-bond donors (Lipinski definition) is 0. The molecule has 0 amide bonds. The van der Waals surface area contributed by atoms with Gasteiger partial charge in [-0.2, -0.15) is 0 Å². The van der Waals surface area contributed by atoms with E-state index in [-0.39, 0.29) is 0 Å². The molecule has 0 nitrogen and oxygen atoms in total. The van der Waals surface area contributed by atoms with E-state index in [4.69, 9.17) is 0 Å². The van der Waals surface area contributed by atoms with Gasteiger partial charge in [0.1, 0.15) is 0 Å². The molecular weight excluding hydrogens is 188 g/mol. The Balaban J connectivity index is 2.75. The van der Waals surface area contributed by atoms with Crippen LogP contribution in [0.15, 0.2) is 11.3 Å². The van der Waals surface area contributed by atoms with Gasteiger partial charge in [-0.3, -0.25) is 0 Å². The second-order valence-corrected chi connectivity index (χ2v) is 17.0. The van der Waals surface area contributed by atoms with E-state index in [1.165, 1.54) is 0 Å². The Labute approximate surface area is 85.5 Å². The van der Waals surface area contributed by atoms with Crippen molar-refractivity contribution in [2.45, 2.75) is 51.7 Å². The zero-order valence-electron chi connectivity index (χ0n) is 10.2. The normalized spacial score (nSPS) is 32.4. The Hall–Kier alpha value is 0.174. The molecule has 1 aliphatic carbocycles. The smallest absolute Gasteiger partial charge is 0.0686 e. The lowest BCUT2D eigenvalue weighted by Gasteiger charge is -2.14. The Morgan fingerprint density at radius 2 is 1.46 bits per heavy atom. The van der Waals surface area contributed by atoms with Crippen molar-refractivity contribution in [3.8, 4) is 0 Å². The summed E-state index contributed by atoms with van der Waals surface area (Å²) in [5.41, 5.74) is 5.44. The standard InChI is InChI=1S/C11H24Si2/c1-9-10(8-12(2,3)4)11(9)13(5,6)7/h8-9,11H,1-7H3/b10-8+. The van der Waals surface area contributed by atoms with Crippen molar-refractivity contribution < 1.29 is 0 Å². The minimum Gasteiger partial charge on any atom is -0.0955 e. The molecule has 1 aliphatic rings. The van der Waals surface area contributed by atoms with Crippen molar-refractivity contribution >= 4 is 16.1 Å². The van der Waals surface area contributed by atoms with Crippen LogP contribution in [0, 0.1) is 5.92 Å². The Morgan fingerprint density at radius 1 is 1.00 bits per heavy atom. The molecular formula is C11H24Si2. The fourth-order valence-electron chi connectivity index (χ4n) is 2.39. The highest BCUT2D eigenvalue weighted by atomic mass is 28.3. The van der Waals surface area contributed by atoms with Gasteiger partial charge in [0.2, 0.25) is 0 Å². The van der Waals surface area contributed by atoms with Gasteiger partial charge in [0, 0.05) is 0 Å². The van der Waals surface area contributed by atoms with Crippen molar-refractivity contribution in [1.29, 1.82) is 0 Å². The highest BCUT2D eigenvalue weighted by Crippen LogP contribution is 2.57. The maximum atomic E-state index is 2.64. The van der Waals surface area contributed by atoms with Crippen LogP contribution in [0.25, 0.3) is 0 Å². The van der Waals surface area contributed by atoms with E-state index >= 15 is 0 Å². The predicted molar refractivity (Wildman–Crippen MR) is 67.7 cm³/mol. The zero-order chi connectivity index (χ0) is 10.4. The van der Waals surface area contributed by atoms with Crippen LogP contribution in [0.4, 0.5) is 0 Å². The van der Waals surface area contributed by atoms with Gasteiger partial charge in [-0.1, -0.05) is 57.5 Å². The molecule has 0 aromatic rings. The molecule has 0 heterocycles. The molecule has 76 valence electrons. The molecule has 2 heteroatoms. The number of hydrogen-bond acceptors (Lipinski definition) is 0. The van der Waals surface area contributed by atoms with Crippen LogP contribution in [0.3, 0.4) is 0 Å². The topological polar surface area (TPSA) is 0 Å². The van der Waals surface area contributed by atoms with Crippen LogP contribution in [-0.2, 0) is 0 Å². The Kier molecular flexibility index (Phi) is 2.68. The van der Waals surface area contributed by atoms with Gasteiger partial charge in [0.25, 0.3) is 0 Å². The van der Waals surface area contributed by atoms with Gasteiger partial charge < -0.3 is 0 Å². The third kappa shape index (κ3) is 2.81.